The van der Waals surface area contributed by atoms with Crippen LogP contribution in [0.5, 0.6) is 11.5 Å². The normalized spacial score (nSPS) is 18.6. The lowest BCUT2D eigenvalue weighted by atomic mass is 9.73. The van der Waals surface area contributed by atoms with E-state index in [2.05, 4.69) is 128 Å². The minimum Gasteiger partial charge on any atom is -0.456 e. The van der Waals surface area contributed by atoms with Gasteiger partial charge in [-0.25, -0.2) is 0 Å². The number of anilines is 3. The van der Waals surface area contributed by atoms with Crippen LogP contribution in [0.3, 0.4) is 0 Å². The highest BCUT2D eigenvalue weighted by molar-refractivity contribution is 8.25. The molecular formula is C33H26NOPS. The van der Waals surface area contributed by atoms with Crippen molar-refractivity contribution < 1.29 is 4.74 Å². The number of para-hydroxylation sites is 3. The van der Waals surface area contributed by atoms with Crippen molar-refractivity contribution in [1.29, 1.82) is 0 Å². The van der Waals surface area contributed by atoms with Gasteiger partial charge in [0, 0.05) is 16.8 Å². The minimum atomic E-state index is -2.44. The van der Waals surface area contributed by atoms with Crippen molar-refractivity contribution in [3.63, 3.8) is 0 Å². The Bertz CT molecular complexity index is 1680. The molecule has 0 aromatic heterocycles. The van der Waals surface area contributed by atoms with Crippen LogP contribution in [-0.4, -0.2) is 0 Å². The Labute approximate surface area is 223 Å². The summed E-state index contributed by atoms with van der Waals surface area (Å²) in [5.41, 5.74) is 5.95. The zero-order chi connectivity index (χ0) is 25.2. The molecule has 2 aliphatic heterocycles. The van der Waals surface area contributed by atoms with Crippen LogP contribution in [0.4, 0.5) is 17.1 Å². The maximum atomic E-state index is 6.83. The summed E-state index contributed by atoms with van der Waals surface area (Å²) in [4.78, 5) is 2.41. The van der Waals surface area contributed by atoms with Crippen LogP contribution in [0.25, 0.3) is 0 Å². The average molecular weight is 516 g/mol. The number of rotatable bonds is 2. The van der Waals surface area contributed by atoms with E-state index in [1.165, 1.54) is 27.8 Å². The van der Waals surface area contributed by atoms with E-state index >= 15 is 0 Å². The third kappa shape index (κ3) is 3.14. The molecular weight excluding hydrogens is 489 g/mol. The van der Waals surface area contributed by atoms with Gasteiger partial charge in [0.05, 0.1) is 22.4 Å². The van der Waals surface area contributed by atoms with Gasteiger partial charge >= 0.3 is 0 Å². The van der Waals surface area contributed by atoms with Gasteiger partial charge in [-0.05, 0) is 52.8 Å². The van der Waals surface area contributed by atoms with Crippen LogP contribution >= 0.6 is 6.04 Å². The van der Waals surface area contributed by atoms with Crippen molar-refractivity contribution in [2.75, 3.05) is 4.90 Å². The number of nitrogens with zero attached hydrogens (tertiary/aromatic N) is 1. The number of fused-ring (bicyclic) bond motifs is 4. The van der Waals surface area contributed by atoms with Crippen molar-refractivity contribution in [3.8, 4) is 11.5 Å². The summed E-state index contributed by atoms with van der Waals surface area (Å²) in [5.74, 6) is 1.71. The Kier molecular flexibility index (Phi) is 4.98. The molecule has 0 spiro atoms. The van der Waals surface area contributed by atoms with Crippen LogP contribution in [0.15, 0.2) is 121 Å². The molecule has 0 amide bonds. The second-order valence-corrected chi connectivity index (χ2v) is 14.4. The molecule has 1 atom stereocenters. The van der Waals surface area contributed by atoms with Gasteiger partial charge in [-0.1, -0.05) is 111 Å². The lowest BCUT2D eigenvalue weighted by Gasteiger charge is -2.44. The van der Waals surface area contributed by atoms with Crippen molar-refractivity contribution in [2.24, 2.45) is 0 Å². The SMILES string of the molecule is CC1(C)c2ccccc2N(c2cccc3c2P(=S)(c2ccccc2)c2ccccc2O3)c2ccccc21. The highest BCUT2D eigenvalue weighted by Gasteiger charge is 2.42. The first-order valence-electron chi connectivity index (χ1n) is 12.6. The second kappa shape index (κ2) is 8.18. The van der Waals surface area contributed by atoms with E-state index < -0.39 is 6.04 Å². The summed E-state index contributed by atoms with van der Waals surface area (Å²) in [5, 5.41) is 3.39. The average Bonchev–Trinajstić information content (AvgIpc) is 2.94. The molecule has 7 rings (SSSR count). The summed E-state index contributed by atoms with van der Waals surface area (Å²) in [6.07, 6.45) is 0. The Morgan fingerprint density at radius 3 is 1.84 bits per heavy atom. The molecule has 180 valence electrons. The van der Waals surface area contributed by atoms with Crippen LogP contribution in [0.2, 0.25) is 0 Å². The highest BCUT2D eigenvalue weighted by Crippen LogP contribution is 2.58. The smallest absolute Gasteiger partial charge is 0.138 e. The molecule has 0 bridgehead atoms. The summed E-state index contributed by atoms with van der Waals surface area (Å²) < 4.78 is 6.58. The molecule has 0 saturated carbocycles. The Hall–Kier alpha value is -3.65. The Balaban J connectivity index is 1.58. The van der Waals surface area contributed by atoms with Crippen molar-refractivity contribution >= 4 is 50.8 Å². The third-order valence-electron chi connectivity index (χ3n) is 7.71. The number of benzene rings is 5. The molecule has 0 fully saturated rings. The van der Waals surface area contributed by atoms with Gasteiger partial charge in [0.25, 0.3) is 0 Å². The maximum absolute atomic E-state index is 6.83. The molecule has 5 aromatic rings. The lowest BCUT2D eigenvalue weighted by molar-refractivity contribution is 0.488. The van der Waals surface area contributed by atoms with Crippen LogP contribution in [-0.2, 0) is 17.2 Å². The van der Waals surface area contributed by atoms with Gasteiger partial charge in [-0.15, -0.1) is 0 Å². The fourth-order valence-corrected chi connectivity index (χ4v) is 10.4. The van der Waals surface area contributed by atoms with E-state index in [1.807, 2.05) is 12.1 Å². The molecule has 0 N–H and O–H groups in total. The molecule has 2 nitrogen and oxygen atoms in total. The van der Waals surface area contributed by atoms with Crippen molar-refractivity contribution in [1.82, 2.24) is 0 Å². The van der Waals surface area contributed by atoms with Crippen LogP contribution < -0.4 is 25.6 Å². The maximum Gasteiger partial charge on any atom is 0.138 e. The van der Waals surface area contributed by atoms with Gasteiger partial charge in [-0.3, -0.25) is 0 Å². The van der Waals surface area contributed by atoms with E-state index in [1.54, 1.807) is 0 Å². The standard InChI is InChI=1S/C33H26NOPS/c1-33(2)24-15-6-8-17-26(24)34(27-18-9-7-16-25(27)33)28-19-12-21-30-32(28)36(37,23-13-4-3-5-14-23)31-22-11-10-20-29(31)35-30/h3-22H,1-2H3. The fraction of sp³-hybridized carbons (Fsp3) is 0.0909. The Morgan fingerprint density at radius 1 is 0.595 bits per heavy atom. The first-order chi connectivity index (χ1) is 18.0. The quantitative estimate of drug-likeness (QED) is 0.220. The first-order valence-corrected chi connectivity index (χ1v) is 15.4. The highest BCUT2D eigenvalue weighted by atomic mass is 32.4. The van der Waals surface area contributed by atoms with E-state index in [0.717, 1.165) is 27.8 Å². The lowest BCUT2D eigenvalue weighted by Crippen LogP contribution is -2.36. The predicted octanol–water partition coefficient (Wildman–Crippen LogP) is 7.66. The second-order valence-electron chi connectivity index (χ2n) is 10.1. The van der Waals surface area contributed by atoms with E-state index in [4.69, 9.17) is 16.5 Å². The van der Waals surface area contributed by atoms with E-state index in [9.17, 15) is 0 Å². The molecule has 0 saturated heterocycles. The summed E-state index contributed by atoms with van der Waals surface area (Å²) in [6, 6.07) is 40.4. The molecule has 0 radical (unpaired) electrons. The van der Waals surface area contributed by atoms with Crippen molar-refractivity contribution in [3.05, 3.63) is 132 Å². The van der Waals surface area contributed by atoms with Gasteiger partial charge < -0.3 is 9.64 Å². The minimum absolute atomic E-state index is 0.124. The van der Waals surface area contributed by atoms with E-state index in [0.29, 0.717) is 0 Å². The first kappa shape index (κ1) is 22.5. The summed E-state index contributed by atoms with van der Waals surface area (Å²) in [6.45, 7) is 4.63. The summed E-state index contributed by atoms with van der Waals surface area (Å²) >= 11 is 6.83. The molecule has 2 aliphatic rings. The molecule has 5 aromatic carbocycles. The molecule has 0 aliphatic carbocycles. The third-order valence-corrected chi connectivity index (χ3v) is 12.6. The molecule has 2 heterocycles. The zero-order valence-electron chi connectivity index (χ0n) is 20.8. The van der Waals surface area contributed by atoms with Gasteiger partial charge in [-0.2, -0.15) is 0 Å². The van der Waals surface area contributed by atoms with E-state index in [-0.39, 0.29) is 5.41 Å². The number of hydrogen-bond acceptors (Lipinski definition) is 3. The Morgan fingerprint density at radius 2 is 1.14 bits per heavy atom. The van der Waals surface area contributed by atoms with Gasteiger partial charge in [0.2, 0.25) is 0 Å². The summed E-state index contributed by atoms with van der Waals surface area (Å²) in [7, 11) is 0. The predicted molar refractivity (Wildman–Crippen MR) is 159 cm³/mol. The topological polar surface area (TPSA) is 12.5 Å². The van der Waals surface area contributed by atoms with Crippen molar-refractivity contribution in [2.45, 2.75) is 19.3 Å². The number of ether oxygens (including phenoxy) is 1. The van der Waals surface area contributed by atoms with Crippen LogP contribution in [0.1, 0.15) is 25.0 Å². The van der Waals surface area contributed by atoms with Gasteiger partial charge in [0.15, 0.2) is 0 Å². The number of hydrogen-bond donors (Lipinski definition) is 0. The van der Waals surface area contributed by atoms with Gasteiger partial charge in [0.1, 0.15) is 11.5 Å². The molecule has 37 heavy (non-hydrogen) atoms. The molecule has 1 unspecified atom stereocenters. The fourth-order valence-electron chi connectivity index (χ4n) is 5.97. The monoisotopic (exact) mass is 515 g/mol. The molecule has 4 heteroatoms. The van der Waals surface area contributed by atoms with Crippen LogP contribution in [0, 0.1) is 0 Å². The zero-order valence-corrected chi connectivity index (χ0v) is 22.5. The largest absolute Gasteiger partial charge is 0.456 e.